The highest BCUT2D eigenvalue weighted by Gasteiger charge is 2.14. The first-order valence-corrected chi connectivity index (χ1v) is 4.15. The zero-order valence-corrected chi connectivity index (χ0v) is 7.47. The molecule has 0 aliphatic heterocycles. The summed E-state index contributed by atoms with van der Waals surface area (Å²) in [6.07, 6.45) is -0.203. The van der Waals surface area contributed by atoms with Gasteiger partial charge in [-0.25, -0.2) is 4.79 Å². The van der Waals surface area contributed by atoms with Gasteiger partial charge in [-0.05, 0) is 12.1 Å². The molecule has 0 radical (unpaired) electrons. The molecule has 4 heteroatoms. The van der Waals surface area contributed by atoms with E-state index in [0.29, 0.717) is 5.75 Å². The van der Waals surface area contributed by atoms with Crippen molar-refractivity contribution in [2.75, 3.05) is 6.61 Å². The van der Waals surface area contributed by atoms with Crippen LogP contribution in [0.15, 0.2) is 30.3 Å². The molecule has 0 atom stereocenters. The predicted molar refractivity (Wildman–Crippen MR) is 48.8 cm³/mol. The van der Waals surface area contributed by atoms with Gasteiger partial charge in [-0.1, -0.05) is 18.2 Å². The minimum Gasteiger partial charge on any atom is -0.421 e. The molecule has 0 aromatic heterocycles. The van der Waals surface area contributed by atoms with E-state index in [-0.39, 0.29) is 13.0 Å². The molecule has 74 valence electrons. The monoisotopic (exact) mass is 194 g/mol. The maximum absolute atomic E-state index is 11.0. The van der Waals surface area contributed by atoms with Crippen molar-refractivity contribution in [3.05, 3.63) is 30.3 Å². The summed E-state index contributed by atoms with van der Waals surface area (Å²) in [7, 11) is 0. The molecule has 14 heavy (non-hydrogen) atoms. The molecule has 0 aliphatic carbocycles. The maximum Gasteiger partial charge on any atom is 0.380 e. The van der Waals surface area contributed by atoms with Crippen LogP contribution in [0.4, 0.5) is 0 Å². The summed E-state index contributed by atoms with van der Waals surface area (Å²) < 4.78 is 4.73. The molecule has 0 amide bonds. The highest BCUT2D eigenvalue weighted by atomic mass is 16.5. The van der Waals surface area contributed by atoms with E-state index in [9.17, 15) is 9.59 Å². The van der Waals surface area contributed by atoms with Gasteiger partial charge in [-0.2, -0.15) is 0 Å². The summed E-state index contributed by atoms with van der Waals surface area (Å²) in [6, 6.07) is 8.30. The van der Waals surface area contributed by atoms with Crippen molar-refractivity contribution >= 4 is 11.8 Å². The Kier molecular flexibility index (Phi) is 3.82. The molecule has 0 aliphatic rings. The van der Waals surface area contributed by atoms with Crippen LogP contribution in [0.3, 0.4) is 0 Å². The number of benzene rings is 1. The Morgan fingerprint density at radius 1 is 1.21 bits per heavy atom. The fourth-order valence-corrected chi connectivity index (χ4v) is 0.856. The number of hydrogen-bond acceptors (Lipinski definition) is 4. The predicted octanol–water partition coefficient (Wildman–Crippen LogP) is 0.544. The zero-order chi connectivity index (χ0) is 10.4. The molecular formula is C10H10O4. The minimum absolute atomic E-state index is 0.203. The number of esters is 1. The van der Waals surface area contributed by atoms with Gasteiger partial charge < -0.3 is 9.84 Å². The summed E-state index contributed by atoms with van der Waals surface area (Å²) in [5, 5.41) is 8.42. The highest BCUT2D eigenvalue weighted by molar-refractivity contribution is 6.34. The lowest BCUT2D eigenvalue weighted by molar-refractivity contribution is -0.147. The van der Waals surface area contributed by atoms with Crippen LogP contribution in [0.1, 0.15) is 6.42 Å². The number of aliphatic hydroxyl groups excluding tert-OH is 1. The van der Waals surface area contributed by atoms with Gasteiger partial charge in [0.2, 0.25) is 5.78 Å². The standard InChI is InChI=1S/C10H10O4/c11-7-6-9(12)10(13)14-8-4-2-1-3-5-8/h1-5,11H,6-7H2. The normalized spacial score (nSPS) is 9.50. The lowest BCUT2D eigenvalue weighted by Crippen LogP contribution is -2.21. The summed E-state index contributed by atoms with van der Waals surface area (Å²) in [5.41, 5.74) is 0. The van der Waals surface area contributed by atoms with E-state index in [4.69, 9.17) is 9.84 Å². The molecule has 4 nitrogen and oxygen atoms in total. The molecule has 0 saturated heterocycles. The van der Waals surface area contributed by atoms with Crippen LogP contribution in [0, 0.1) is 0 Å². The number of hydrogen-bond donors (Lipinski definition) is 1. The first kappa shape index (κ1) is 10.4. The number of ether oxygens (including phenoxy) is 1. The van der Waals surface area contributed by atoms with Crippen LogP contribution in [0.5, 0.6) is 5.75 Å². The molecule has 1 rings (SSSR count). The van der Waals surface area contributed by atoms with Crippen LogP contribution in [0.2, 0.25) is 0 Å². The van der Waals surface area contributed by atoms with Crippen molar-refractivity contribution in [1.82, 2.24) is 0 Å². The van der Waals surface area contributed by atoms with Gasteiger partial charge in [-0.3, -0.25) is 4.79 Å². The molecule has 0 fully saturated rings. The molecule has 0 spiro atoms. The Bertz CT molecular complexity index is 318. The van der Waals surface area contributed by atoms with Gasteiger partial charge in [0, 0.05) is 6.42 Å². The first-order chi connectivity index (χ1) is 6.74. The molecule has 0 bridgehead atoms. The summed E-state index contributed by atoms with van der Waals surface area (Å²) in [4.78, 5) is 21.9. The Labute approximate surface area is 81.1 Å². The minimum atomic E-state index is -0.940. The van der Waals surface area contributed by atoms with Crippen molar-refractivity contribution in [3.8, 4) is 5.75 Å². The molecule has 1 N–H and O–H groups in total. The van der Waals surface area contributed by atoms with Crippen molar-refractivity contribution in [1.29, 1.82) is 0 Å². The topological polar surface area (TPSA) is 63.6 Å². The van der Waals surface area contributed by atoms with E-state index in [1.54, 1.807) is 30.3 Å². The maximum atomic E-state index is 11.0. The number of rotatable bonds is 4. The second-order valence-corrected chi connectivity index (χ2v) is 2.60. The largest absolute Gasteiger partial charge is 0.421 e. The molecule has 0 unspecified atom stereocenters. The van der Waals surface area contributed by atoms with E-state index >= 15 is 0 Å². The molecule has 0 saturated carbocycles. The van der Waals surface area contributed by atoms with Gasteiger partial charge in [0.25, 0.3) is 0 Å². The van der Waals surface area contributed by atoms with Crippen molar-refractivity contribution in [2.24, 2.45) is 0 Å². The summed E-state index contributed by atoms with van der Waals surface area (Å²) in [6.45, 7) is -0.345. The quantitative estimate of drug-likeness (QED) is 0.431. The van der Waals surface area contributed by atoms with Gasteiger partial charge in [0.05, 0.1) is 6.61 Å². The van der Waals surface area contributed by atoms with Gasteiger partial charge in [0.15, 0.2) is 0 Å². The third kappa shape index (κ3) is 2.99. The van der Waals surface area contributed by atoms with E-state index in [2.05, 4.69) is 0 Å². The fraction of sp³-hybridized carbons (Fsp3) is 0.200. The van der Waals surface area contributed by atoms with Crippen LogP contribution >= 0.6 is 0 Å². The number of carbonyl (C=O) groups excluding carboxylic acids is 2. The summed E-state index contributed by atoms with van der Waals surface area (Å²) >= 11 is 0. The van der Waals surface area contributed by atoms with E-state index in [1.165, 1.54) is 0 Å². The molecule has 1 aromatic rings. The SMILES string of the molecule is O=C(CCO)C(=O)Oc1ccccc1. The average molecular weight is 194 g/mol. The van der Waals surface area contributed by atoms with Crippen molar-refractivity contribution in [2.45, 2.75) is 6.42 Å². The van der Waals surface area contributed by atoms with Crippen molar-refractivity contribution in [3.63, 3.8) is 0 Å². The van der Waals surface area contributed by atoms with Crippen LogP contribution in [-0.2, 0) is 9.59 Å². The smallest absolute Gasteiger partial charge is 0.380 e. The molecule has 0 heterocycles. The van der Waals surface area contributed by atoms with Gasteiger partial charge in [0.1, 0.15) is 5.75 Å². The Balaban J connectivity index is 2.53. The Hall–Kier alpha value is -1.68. The number of aliphatic hydroxyl groups is 1. The van der Waals surface area contributed by atoms with Crippen molar-refractivity contribution < 1.29 is 19.4 Å². The number of para-hydroxylation sites is 1. The summed E-state index contributed by atoms with van der Waals surface area (Å²) in [5.74, 6) is -1.34. The third-order valence-corrected chi connectivity index (χ3v) is 1.52. The first-order valence-electron chi connectivity index (χ1n) is 4.15. The van der Waals surface area contributed by atoms with Crippen LogP contribution in [-0.4, -0.2) is 23.5 Å². The molecule has 1 aromatic carbocycles. The van der Waals surface area contributed by atoms with Crippen LogP contribution < -0.4 is 4.74 Å². The van der Waals surface area contributed by atoms with Gasteiger partial charge in [-0.15, -0.1) is 0 Å². The van der Waals surface area contributed by atoms with Crippen LogP contribution in [0.25, 0.3) is 0 Å². The third-order valence-electron chi connectivity index (χ3n) is 1.52. The fourth-order valence-electron chi connectivity index (χ4n) is 0.856. The molecular weight excluding hydrogens is 184 g/mol. The Morgan fingerprint density at radius 3 is 2.43 bits per heavy atom. The van der Waals surface area contributed by atoms with E-state index in [0.717, 1.165) is 0 Å². The van der Waals surface area contributed by atoms with E-state index < -0.39 is 11.8 Å². The average Bonchev–Trinajstić information content (AvgIpc) is 2.19. The number of ketones is 1. The van der Waals surface area contributed by atoms with E-state index in [1.807, 2.05) is 0 Å². The second-order valence-electron chi connectivity index (χ2n) is 2.60. The zero-order valence-electron chi connectivity index (χ0n) is 7.47. The highest BCUT2D eigenvalue weighted by Crippen LogP contribution is 2.08. The van der Waals surface area contributed by atoms with Gasteiger partial charge >= 0.3 is 5.97 Å². The number of carbonyl (C=O) groups is 2. The lowest BCUT2D eigenvalue weighted by Gasteiger charge is -2.01. The number of Topliss-reactive ketones (excluding diaryl/α,β-unsaturated/α-hetero) is 1. The second kappa shape index (κ2) is 5.14. The lowest BCUT2D eigenvalue weighted by atomic mass is 10.3. The Morgan fingerprint density at radius 2 is 1.86 bits per heavy atom.